The maximum Gasteiger partial charge on any atom is 0.241 e. The Bertz CT molecular complexity index is 787. The van der Waals surface area contributed by atoms with Gasteiger partial charge in [0, 0.05) is 36.9 Å². The van der Waals surface area contributed by atoms with Crippen LogP contribution in [-0.4, -0.2) is 50.1 Å². The van der Waals surface area contributed by atoms with Gasteiger partial charge in [-0.3, -0.25) is 9.69 Å². The molecule has 0 aliphatic carbocycles. The number of carbonyl (C=O) groups excluding carboxylic acids is 1. The molecule has 3 rings (SSSR count). The summed E-state index contributed by atoms with van der Waals surface area (Å²) in [5, 5.41) is 3.70. The predicted octanol–water partition coefficient (Wildman–Crippen LogP) is 3.81. The van der Waals surface area contributed by atoms with Crippen LogP contribution >= 0.6 is 11.6 Å². The van der Waals surface area contributed by atoms with Gasteiger partial charge in [-0.15, -0.1) is 0 Å². The number of hydrogen-bond donors (Lipinski definition) is 1. The number of methoxy groups -OCH3 is 1. The second kappa shape index (κ2) is 8.63. The molecule has 0 saturated carbocycles. The number of anilines is 2. The zero-order chi connectivity index (χ0) is 19.4. The third-order valence-electron chi connectivity index (χ3n) is 5.04. The number of halogens is 1. The first-order valence-electron chi connectivity index (χ1n) is 9.18. The van der Waals surface area contributed by atoms with E-state index in [1.54, 1.807) is 7.11 Å². The molecule has 2 aromatic carbocycles. The van der Waals surface area contributed by atoms with Crippen LogP contribution in [0.2, 0.25) is 5.02 Å². The Morgan fingerprint density at radius 1 is 1.11 bits per heavy atom. The van der Waals surface area contributed by atoms with Gasteiger partial charge in [0.25, 0.3) is 0 Å². The summed E-state index contributed by atoms with van der Waals surface area (Å²) in [5.74, 6) is 0.839. The molecule has 5 nitrogen and oxygen atoms in total. The van der Waals surface area contributed by atoms with Crippen LogP contribution in [0.4, 0.5) is 11.4 Å². The smallest absolute Gasteiger partial charge is 0.241 e. The van der Waals surface area contributed by atoms with Crippen molar-refractivity contribution in [1.29, 1.82) is 0 Å². The van der Waals surface area contributed by atoms with E-state index in [-0.39, 0.29) is 11.9 Å². The summed E-state index contributed by atoms with van der Waals surface area (Å²) in [6.07, 6.45) is 0. The molecular weight excluding hydrogens is 362 g/mol. The van der Waals surface area contributed by atoms with Crippen LogP contribution in [0.1, 0.15) is 12.5 Å². The Hall–Kier alpha value is -2.24. The third kappa shape index (κ3) is 4.73. The van der Waals surface area contributed by atoms with E-state index >= 15 is 0 Å². The van der Waals surface area contributed by atoms with Crippen molar-refractivity contribution in [1.82, 2.24) is 4.90 Å². The lowest BCUT2D eigenvalue weighted by Crippen LogP contribution is -2.52. The minimum Gasteiger partial charge on any atom is -0.495 e. The summed E-state index contributed by atoms with van der Waals surface area (Å²) in [6.45, 7) is 7.23. The highest BCUT2D eigenvalue weighted by Crippen LogP contribution is 2.32. The molecule has 1 aliphatic rings. The van der Waals surface area contributed by atoms with Crippen molar-refractivity contribution in [3.05, 3.63) is 53.1 Å². The van der Waals surface area contributed by atoms with Gasteiger partial charge in [-0.05, 0) is 44.2 Å². The molecule has 1 amide bonds. The SMILES string of the molecule is COc1ccc(Cl)cc1N1CCN(C(C)C(=O)Nc2ccc(C)cc2)CC1. The Kier molecular flexibility index (Phi) is 6.24. The van der Waals surface area contributed by atoms with Crippen LogP contribution in [0.15, 0.2) is 42.5 Å². The standard InChI is InChI=1S/C21H26ClN3O2/c1-15-4-7-18(8-5-15)23-21(26)16(2)24-10-12-25(13-11-24)19-14-17(22)6-9-20(19)27-3/h4-9,14,16H,10-13H2,1-3H3,(H,23,26). The summed E-state index contributed by atoms with van der Waals surface area (Å²) in [5.41, 5.74) is 3.01. The fourth-order valence-electron chi connectivity index (χ4n) is 3.31. The number of piperazine rings is 1. The molecule has 0 spiro atoms. The van der Waals surface area contributed by atoms with Gasteiger partial charge < -0.3 is 15.0 Å². The highest BCUT2D eigenvalue weighted by Gasteiger charge is 2.26. The van der Waals surface area contributed by atoms with Crippen molar-refractivity contribution in [2.75, 3.05) is 43.5 Å². The molecule has 6 heteroatoms. The van der Waals surface area contributed by atoms with Crippen LogP contribution in [0.5, 0.6) is 5.75 Å². The zero-order valence-electron chi connectivity index (χ0n) is 16.0. The predicted molar refractivity (Wildman–Crippen MR) is 111 cm³/mol. The molecule has 1 unspecified atom stereocenters. The first-order chi connectivity index (χ1) is 13.0. The van der Waals surface area contributed by atoms with E-state index in [1.807, 2.05) is 56.3 Å². The highest BCUT2D eigenvalue weighted by atomic mass is 35.5. The molecule has 144 valence electrons. The summed E-state index contributed by atoms with van der Waals surface area (Å²) < 4.78 is 5.46. The Labute approximate surface area is 165 Å². The van der Waals surface area contributed by atoms with Crippen LogP contribution in [-0.2, 0) is 4.79 Å². The lowest BCUT2D eigenvalue weighted by molar-refractivity contribution is -0.120. The number of benzene rings is 2. The van der Waals surface area contributed by atoms with Crippen LogP contribution in [0.25, 0.3) is 0 Å². The number of amides is 1. The number of nitrogens with zero attached hydrogens (tertiary/aromatic N) is 2. The fourth-order valence-corrected chi connectivity index (χ4v) is 3.48. The minimum atomic E-state index is -0.185. The number of nitrogens with one attached hydrogen (secondary N) is 1. The quantitative estimate of drug-likeness (QED) is 0.847. The average molecular weight is 388 g/mol. The Balaban J connectivity index is 1.59. The number of ether oxygens (including phenoxy) is 1. The van der Waals surface area contributed by atoms with Gasteiger partial charge in [-0.25, -0.2) is 0 Å². The maximum atomic E-state index is 12.6. The maximum absolute atomic E-state index is 12.6. The van der Waals surface area contributed by atoms with E-state index < -0.39 is 0 Å². The van der Waals surface area contributed by atoms with E-state index in [2.05, 4.69) is 15.1 Å². The van der Waals surface area contributed by atoms with Crippen molar-refractivity contribution in [2.24, 2.45) is 0 Å². The van der Waals surface area contributed by atoms with Crippen LogP contribution < -0.4 is 15.0 Å². The van der Waals surface area contributed by atoms with E-state index in [9.17, 15) is 4.79 Å². The Morgan fingerprint density at radius 3 is 2.41 bits per heavy atom. The minimum absolute atomic E-state index is 0.0210. The first-order valence-corrected chi connectivity index (χ1v) is 9.56. The molecular formula is C21H26ClN3O2. The molecule has 0 aromatic heterocycles. The van der Waals surface area contributed by atoms with Crippen LogP contribution in [0, 0.1) is 6.92 Å². The molecule has 1 atom stereocenters. The monoisotopic (exact) mass is 387 g/mol. The second-order valence-corrected chi connectivity index (χ2v) is 7.31. The lowest BCUT2D eigenvalue weighted by atomic mass is 10.1. The van der Waals surface area contributed by atoms with Gasteiger partial charge in [0.2, 0.25) is 5.91 Å². The molecule has 1 N–H and O–H groups in total. The second-order valence-electron chi connectivity index (χ2n) is 6.87. The molecule has 0 radical (unpaired) electrons. The lowest BCUT2D eigenvalue weighted by Gasteiger charge is -2.39. The normalized spacial score (nSPS) is 16.1. The van der Waals surface area contributed by atoms with Gasteiger partial charge in [-0.1, -0.05) is 29.3 Å². The van der Waals surface area contributed by atoms with Gasteiger partial charge >= 0.3 is 0 Å². The molecule has 1 fully saturated rings. The highest BCUT2D eigenvalue weighted by molar-refractivity contribution is 6.30. The van der Waals surface area contributed by atoms with Gasteiger partial charge in [-0.2, -0.15) is 0 Å². The molecule has 1 heterocycles. The van der Waals surface area contributed by atoms with E-state index in [1.165, 1.54) is 5.56 Å². The fraction of sp³-hybridized carbons (Fsp3) is 0.381. The molecule has 1 saturated heterocycles. The van der Waals surface area contributed by atoms with E-state index in [0.29, 0.717) is 5.02 Å². The van der Waals surface area contributed by atoms with Crippen LogP contribution in [0.3, 0.4) is 0 Å². The van der Waals surface area contributed by atoms with Crippen molar-refractivity contribution in [3.63, 3.8) is 0 Å². The molecule has 2 aromatic rings. The van der Waals surface area contributed by atoms with Crippen molar-refractivity contribution >= 4 is 28.9 Å². The van der Waals surface area contributed by atoms with Crippen molar-refractivity contribution < 1.29 is 9.53 Å². The first kappa shape index (κ1) is 19.5. The number of carbonyl (C=O) groups is 1. The molecule has 1 aliphatic heterocycles. The summed E-state index contributed by atoms with van der Waals surface area (Å²) >= 11 is 6.15. The van der Waals surface area contributed by atoms with Gasteiger partial charge in [0.05, 0.1) is 18.8 Å². The largest absolute Gasteiger partial charge is 0.495 e. The summed E-state index contributed by atoms with van der Waals surface area (Å²) in [7, 11) is 1.67. The van der Waals surface area contributed by atoms with Gasteiger partial charge in [0.1, 0.15) is 5.75 Å². The summed E-state index contributed by atoms with van der Waals surface area (Å²) in [4.78, 5) is 17.1. The van der Waals surface area contributed by atoms with Crippen molar-refractivity contribution in [3.8, 4) is 5.75 Å². The molecule has 27 heavy (non-hydrogen) atoms. The van der Waals surface area contributed by atoms with E-state index in [4.69, 9.17) is 16.3 Å². The topological polar surface area (TPSA) is 44.8 Å². The number of hydrogen-bond acceptors (Lipinski definition) is 4. The van der Waals surface area contributed by atoms with Crippen molar-refractivity contribution in [2.45, 2.75) is 19.9 Å². The van der Waals surface area contributed by atoms with E-state index in [0.717, 1.165) is 43.3 Å². The average Bonchev–Trinajstić information content (AvgIpc) is 2.69. The summed E-state index contributed by atoms with van der Waals surface area (Å²) in [6, 6.07) is 13.3. The van der Waals surface area contributed by atoms with Gasteiger partial charge in [0.15, 0.2) is 0 Å². The third-order valence-corrected chi connectivity index (χ3v) is 5.28. The molecule has 0 bridgehead atoms. The Morgan fingerprint density at radius 2 is 1.78 bits per heavy atom. The zero-order valence-corrected chi connectivity index (χ0v) is 16.8. The number of rotatable bonds is 5. The number of aryl methyl sites for hydroxylation is 1.